The Morgan fingerprint density at radius 3 is 2.74 bits per heavy atom. The predicted octanol–water partition coefficient (Wildman–Crippen LogP) is 4.44. The van der Waals surface area contributed by atoms with Gasteiger partial charge in [0.2, 0.25) is 5.91 Å². The van der Waals surface area contributed by atoms with E-state index in [9.17, 15) is 19.1 Å². The van der Waals surface area contributed by atoms with Gasteiger partial charge in [-0.15, -0.1) is 0 Å². The average molecular weight is 458 g/mol. The number of benzene rings is 2. The van der Waals surface area contributed by atoms with E-state index in [0.29, 0.717) is 38.0 Å². The van der Waals surface area contributed by atoms with Gasteiger partial charge in [-0.2, -0.15) is 0 Å². The Bertz CT molecular complexity index is 1400. The van der Waals surface area contributed by atoms with Crippen molar-refractivity contribution in [1.82, 2.24) is 14.5 Å². The van der Waals surface area contributed by atoms with Crippen LogP contribution in [0.2, 0.25) is 0 Å². The summed E-state index contributed by atoms with van der Waals surface area (Å²) in [6, 6.07) is 17.3. The maximum absolute atomic E-state index is 13.8. The number of aromatic nitrogens is 2. The van der Waals surface area contributed by atoms with E-state index in [1.807, 2.05) is 23.1 Å². The monoisotopic (exact) mass is 457 g/mol. The molecule has 34 heavy (non-hydrogen) atoms. The van der Waals surface area contributed by atoms with Gasteiger partial charge < -0.3 is 14.6 Å². The van der Waals surface area contributed by atoms with Crippen LogP contribution in [0.1, 0.15) is 39.2 Å². The van der Waals surface area contributed by atoms with E-state index in [4.69, 9.17) is 0 Å². The molecular formula is C27H24FN3O3. The van der Waals surface area contributed by atoms with Gasteiger partial charge >= 0.3 is 5.97 Å². The van der Waals surface area contributed by atoms with Crippen LogP contribution in [0.4, 0.5) is 4.39 Å². The number of carboxylic acids is 1. The minimum Gasteiger partial charge on any atom is -0.478 e. The van der Waals surface area contributed by atoms with E-state index < -0.39 is 5.97 Å². The second-order valence-electron chi connectivity index (χ2n) is 8.54. The molecule has 0 aliphatic carbocycles. The van der Waals surface area contributed by atoms with Crippen LogP contribution in [0.3, 0.4) is 0 Å². The number of pyridine rings is 1. The molecule has 0 atom stereocenters. The fraction of sp³-hybridized carbons (Fsp3) is 0.222. The van der Waals surface area contributed by atoms with Gasteiger partial charge in [-0.05, 0) is 59.9 Å². The van der Waals surface area contributed by atoms with Crippen molar-refractivity contribution in [3.05, 3.63) is 101 Å². The number of amides is 1. The SMILES string of the molecule is O=C(O)c1ccccc1CCC(=O)N1CCc2c(n(Cc3cccc(F)c3)c3ncccc23)C1. The van der Waals surface area contributed by atoms with Crippen LogP contribution >= 0.6 is 0 Å². The zero-order valence-electron chi connectivity index (χ0n) is 18.6. The number of carboxylic acid groups (broad SMARTS) is 1. The van der Waals surface area contributed by atoms with Crippen LogP contribution < -0.4 is 0 Å². The Balaban J connectivity index is 1.40. The molecule has 172 valence electrons. The third kappa shape index (κ3) is 4.17. The second kappa shape index (κ2) is 9.09. The number of hydrogen-bond acceptors (Lipinski definition) is 3. The summed E-state index contributed by atoms with van der Waals surface area (Å²) < 4.78 is 15.9. The molecule has 2 aromatic heterocycles. The van der Waals surface area contributed by atoms with E-state index in [1.54, 1.807) is 36.5 Å². The second-order valence-corrected chi connectivity index (χ2v) is 8.54. The molecule has 7 heteroatoms. The van der Waals surface area contributed by atoms with Crippen LogP contribution in [0, 0.1) is 5.82 Å². The Labute approximate surface area is 196 Å². The van der Waals surface area contributed by atoms with E-state index in [-0.39, 0.29) is 23.7 Å². The minimum atomic E-state index is -0.986. The third-order valence-corrected chi connectivity index (χ3v) is 6.45. The Kier molecular flexibility index (Phi) is 5.84. The molecular weight excluding hydrogens is 433 g/mol. The molecule has 1 aliphatic heterocycles. The van der Waals surface area contributed by atoms with Crippen LogP contribution in [0.25, 0.3) is 11.0 Å². The summed E-state index contributed by atoms with van der Waals surface area (Å²) in [5.41, 5.74) is 4.76. The van der Waals surface area contributed by atoms with E-state index >= 15 is 0 Å². The van der Waals surface area contributed by atoms with Gasteiger partial charge in [-0.1, -0.05) is 30.3 Å². The van der Waals surface area contributed by atoms with E-state index in [2.05, 4.69) is 9.55 Å². The molecule has 0 saturated heterocycles. The summed E-state index contributed by atoms with van der Waals surface area (Å²) in [6.45, 7) is 1.51. The minimum absolute atomic E-state index is 0.0126. The van der Waals surface area contributed by atoms with Gasteiger partial charge in [0.15, 0.2) is 0 Å². The molecule has 4 aromatic rings. The zero-order valence-corrected chi connectivity index (χ0v) is 18.6. The van der Waals surface area contributed by atoms with Crippen LogP contribution in [-0.4, -0.2) is 38.0 Å². The highest BCUT2D eigenvalue weighted by molar-refractivity contribution is 5.89. The molecule has 1 aliphatic rings. The molecule has 6 nitrogen and oxygen atoms in total. The zero-order chi connectivity index (χ0) is 23.7. The number of halogens is 1. The summed E-state index contributed by atoms with van der Waals surface area (Å²) in [5, 5.41) is 10.5. The lowest BCUT2D eigenvalue weighted by molar-refractivity contribution is -0.132. The number of rotatable bonds is 6. The highest BCUT2D eigenvalue weighted by atomic mass is 19.1. The first-order valence-corrected chi connectivity index (χ1v) is 11.3. The van der Waals surface area contributed by atoms with Crippen molar-refractivity contribution in [3.8, 4) is 0 Å². The van der Waals surface area contributed by atoms with Gasteiger partial charge in [0, 0.05) is 36.8 Å². The third-order valence-electron chi connectivity index (χ3n) is 6.45. The first-order valence-electron chi connectivity index (χ1n) is 11.3. The molecule has 0 radical (unpaired) electrons. The molecule has 0 fully saturated rings. The number of nitrogens with zero attached hydrogens (tertiary/aromatic N) is 3. The van der Waals surface area contributed by atoms with E-state index in [1.165, 1.54) is 17.7 Å². The molecule has 1 N–H and O–H groups in total. The summed E-state index contributed by atoms with van der Waals surface area (Å²) in [7, 11) is 0. The van der Waals surface area contributed by atoms with Crippen LogP contribution in [-0.2, 0) is 30.7 Å². The quantitative estimate of drug-likeness (QED) is 0.465. The molecule has 0 bridgehead atoms. The van der Waals surface area contributed by atoms with Crippen molar-refractivity contribution in [2.45, 2.75) is 32.4 Å². The lowest BCUT2D eigenvalue weighted by atomic mass is 10.0. The van der Waals surface area contributed by atoms with Gasteiger partial charge in [-0.25, -0.2) is 14.2 Å². The lowest BCUT2D eigenvalue weighted by Gasteiger charge is -2.29. The first kappa shape index (κ1) is 21.8. The fourth-order valence-corrected chi connectivity index (χ4v) is 4.81. The number of carbonyl (C=O) groups excluding carboxylic acids is 1. The summed E-state index contributed by atoms with van der Waals surface area (Å²) in [5.74, 6) is -1.28. The smallest absolute Gasteiger partial charge is 0.335 e. The van der Waals surface area contributed by atoms with Crippen molar-refractivity contribution >= 4 is 22.9 Å². The van der Waals surface area contributed by atoms with Crippen LogP contribution in [0.15, 0.2) is 66.9 Å². The molecule has 0 unspecified atom stereocenters. The Morgan fingerprint density at radius 1 is 1.06 bits per heavy atom. The maximum Gasteiger partial charge on any atom is 0.335 e. The number of aryl methyl sites for hydroxylation is 1. The first-order chi connectivity index (χ1) is 16.5. The van der Waals surface area contributed by atoms with Crippen molar-refractivity contribution in [1.29, 1.82) is 0 Å². The largest absolute Gasteiger partial charge is 0.478 e. The van der Waals surface area contributed by atoms with Crippen molar-refractivity contribution in [2.24, 2.45) is 0 Å². The lowest BCUT2D eigenvalue weighted by Crippen LogP contribution is -2.36. The number of hydrogen-bond donors (Lipinski definition) is 1. The Hall–Kier alpha value is -4.00. The topological polar surface area (TPSA) is 75.4 Å². The molecule has 3 heterocycles. The summed E-state index contributed by atoms with van der Waals surface area (Å²) >= 11 is 0. The Morgan fingerprint density at radius 2 is 1.91 bits per heavy atom. The van der Waals surface area contributed by atoms with E-state index in [0.717, 1.165) is 22.3 Å². The highest BCUT2D eigenvalue weighted by Crippen LogP contribution is 2.31. The summed E-state index contributed by atoms with van der Waals surface area (Å²) in [4.78, 5) is 31.0. The molecule has 0 saturated carbocycles. The average Bonchev–Trinajstić information content (AvgIpc) is 3.15. The number of fused-ring (bicyclic) bond motifs is 3. The predicted molar refractivity (Wildman–Crippen MR) is 126 cm³/mol. The number of carbonyl (C=O) groups is 2. The molecule has 2 aromatic carbocycles. The van der Waals surface area contributed by atoms with Crippen molar-refractivity contribution < 1.29 is 19.1 Å². The molecule has 0 spiro atoms. The van der Waals surface area contributed by atoms with Gasteiger partial charge in [0.25, 0.3) is 0 Å². The van der Waals surface area contributed by atoms with Gasteiger partial charge in [0.1, 0.15) is 11.5 Å². The highest BCUT2D eigenvalue weighted by Gasteiger charge is 2.27. The fourth-order valence-electron chi connectivity index (χ4n) is 4.81. The molecule has 1 amide bonds. The standard InChI is InChI=1S/C27H24FN3O3/c28-20-7-3-5-18(15-20)16-31-24-17-30(14-12-22(24)23-9-4-13-29-26(23)31)25(32)11-10-19-6-1-2-8-21(19)27(33)34/h1-9,13,15H,10-12,14,16-17H2,(H,33,34). The van der Waals surface area contributed by atoms with Crippen molar-refractivity contribution in [3.63, 3.8) is 0 Å². The van der Waals surface area contributed by atoms with Gasteiger partial charge in [-0.3, -0.25) is 4.79 Å². The van der Waals surface area contributed by atoms with Crippen molar-refractivity contribution in [2.75, 3.05) is 6.54 Å². The normalized spacial score (nSPS) is 13.1. The number of aromatic carboxylic acids is 1. The summed E-state index contributed by atoms with van der Waals surface area (Å²) in [6.07, 6.45) is 3.07. The molecule has 5 rings (SSSR count). The van der Waals surface area contributed by atoms with Crippen LogP contribution in [0.5, 0.6) is 0 Å². The maximum atomic E-state index is 13.8. The van der Waals surface area contributed by atoms with Gasteiger partial charge in [0.05, 0.1) is 12.1 Å².